The van der Waals surface area contributed by atoms with Crippen LogP contribution < -0.4 is 16.4 Å². The Morgan fingerprint density at radius 2 is 2.21 bits per heavy atom. The van der Waals surface area contributed by atoms with Crippen LogP contribution in [0.15, 0.2) is 12.1 Å². The molecule has 0 saturated carbocycles. The molecule has 1 aliphatic rings. The molecule has 0 bridgehead atoms. The molecule has 2 rings (SSSR count). The number of nitrogens with two attached hydrogens (primary N) is 2. The van der Waals surface area contributed by atoms with Gasteiger partial charge in [-0.05, 0) is 32.9 Å². The zero-order valence-electron chi connectivity index (χ0n) is 11.5. The Morgan fingerprint density at radius 3 is 2.79 bits per heavy atom. The van der Waals surface area contributed by atoms with Crippen molar-refractivity contribution in [3.8, 4) is 0 Å². The molecular weight excluding hydrogens is 244 g/mol. The van der Waals surface area contributed by atoms with Gasteiger partial charge in [0.2, 0.25) is 0 Å². The number of amides is 1. The zero-order valence-corrected chi connectivity index (χ0v) is 11.5. The topological polar surface area (TPSA) is 94.5 Å². The summed E-state index contributed by atoms with van der Waals surface area (Å²) in [6.07, 6.45) is 0.0715. The fourth-order valence-corrected chi connectivity index (χ4v) is 2.46. The lowest BCUT2D eigenvalue weighted by Gasteiger charge is -2.42. The average Bonchev–Trinajstić information content (AvgIpc) is 2.26. The number of carbonyl (C=O) groups is 1. The van der Waals surface area contributed by atoms with Gasteiger partial charge in [-0.15, -0.1) is 0 Å². The molecule has 1 aromatic heterocycles. The summed E-state index contributed by atoms with van der Waals surface area (Å²) in [6, 6.07) is 3.20. The number of primary amides is 1. The Balaban J connectivity index is 2.35. The molecule has 1 atom stereocenters. The summed E-state index contributed by atoms with van der Waals surface area (Å²) in [5.74, 6) is 0.0429. The second-order valence-electron chi connectivity index (χ2n) is 5.54. The van der Waals surface area contributed by atoms with E-state index in [-0.39, 0.29) is 17.4 Å². The third-order valence-electron chi connectivity index (χ3n) is 3.03. The molecule has 0 spiro atoms. The number of pyridine rings is 1. The van der Waals surface area contributed by atoms with Crippen molar-refractivity contribution >= 4 is 17.4 Å². The van der Waals surface area contributed by atoms with E-state index in [1.54, 1.807) is 6.07 Å². The van der Waals surface area contributed by atoms with Crippen LogP contribution in [0.4, 0.5) is 11.5 Å². The molecule has 1 aliphatic heterocycles. The monoisotopic (exact) mass is 264 g/mol. The normalized spacial score (nSPS) is 22.3. The molecule has 1 fully saturated rings. The number of nitrogen functional groups attached to an aromatic ring is 1. The van der Waals surface area contributed by atoms with E-state index in [0.29, 0.717) is 24.6 Å². The van der Waals surface area contributed by atoms with Crippen LogP contribution >= 0.6 is 0 Å². The molecule has 1 aromatic rings. The van der Waals surface area contributed by atoms with Crippen LogP contribution in [0.3, 0.4) is 0 Å². The Morgan fingerprint density at radius 1 is 1.53 bits per heavy atom. The van der Waals surface area contributed by atoms with E-state index in [0.717, 1.165) is 0 Å². The van der Waals surface area contributed by atoms with Crippen LogP contribution in [-0.2, 0) is 4.74 Å². The van der Waals surface area contributed by atoms with E-state index in [4.69, 9.17) is 16.2 Å². The highest BCUT2D eigenvalue weighted by Crippen LogP contribution is 2.28. The first-order valence-electron chi connectivity index (χ1n) is 6.27. The first-order chi connectivity index (χ1) is 8.78. The van der Waals surface area contributed by atoms with Crippen LogP contribution in [0.5, 0.6) is 0 Å². The molecular formula is C13H20N4O2. The fraction of sp³-hybridized carbons (Fsp3) is 0.538. The number of hydrogen-bond acceptors (Lipinski definition) is 5. The summed E-state index contributed by atoms with van der Waals surface area (Å²) in [5.41, 5.74) is 11.7. The maximum atomic E-state index is 11.2. The summed E-state index contributed by atoms with van der Waals surface area (Å²) < 4.78 is 5.84. The number of aromatic nitrogens is 1. The number of morpholine rings is 1. The molecule has 6 nitrogen and oxygen atoms in total. The smallest absolute Gasteiger partial charge is 0.267 e. The van der Waals surface area contributed by atoms with Gasteiger partial charge in [0.1, 0.15) is 5.69 Å². The molecule has 0 aromatic carbocycles. The van der Waals surface area contributed by atoms with Crippen molar-refractivity contribution in [1.82, 2.24) is 4.98 Å². The van der Waals surface area contributed by atoms with E-state index < -0.39 is 5.91 Å². The molecule has 19 heavy (non-hydrogen) atoms. The largest absolute Gasteiger partial charge is 0.396 e. The minimum absolute atomic E-state index is 0.0715. The van der Waals surface area contributed by atoms with Crippen LogP contribution in [-0.4, -0.2) is 35.7 Å². The van der Waals surface area contributed by atoms with Gasteiger partial charge in [0.15, 0.2) is 5.82 Å². The molecule has 6 heteroatoms. The molecule has 1 saturated heterocycles. The van der Waals surface area contributed by atoms with Crippen molar-refractivity contribution in [1.29, 1.82) is 0 Å². The molecule has 4 N–H and O–H groups in total. The van der Waals surface area contributed by atoms with Crippen LogP contribution in [0.25, 0.3) is 0 Å². The molecule has 1 unspecified atom stereocenters. The highest BCUT2D eigenvalue weighted by atomic mass is 16.5. The highest BCUT2D eigenvalue weighted by Gasteiger charge is 2.32. The van der Waals surface area contributed by atoms with Gasteiger partial charge in [0.25, 0.3) is 5.91 Å². The highest BCUT2D eigenvalue weighted by molar-refractivity contribution is 5.91. The maximum absolute atomic E-state index is 11.2. The predicted octanol–water partition coefficient (Wildman–Crippen LogP) is 0.766. The minimum Gasteiger partial charge on any atom is -0.396 e. The standard InChI is InChI=1S/C13H20N4O2/c1-8-6-17(7-13(2,3)19-8)12-9(14)4-5-10(16-12)11(15)18/h4-5,8H,6-7,14H2,1-3H3,(H2,15,18). The van der Waals surface area contributed by atoms with Crippen LogP contribution in [0.1, 0.15) is 31.3 Å². The van der Waals surface area contributed by atoms with Crippen molar-refractivity contribution in [3.63, 3.8) is 0 Å². The first kappa shape index (κ1) is 13.6. The van der Waals surface area contributed by atoms with Gasteiger partial charge in [-0.3, -0.25) is 4.79 Å². The molecule has 0 radical (unpaired) electrons. The first-order valence-corrected chi connectivity index (χ1v) is 6.27. The van der Waals surface area contributed by atoms with E-state index in [9.17, 15) is 4.79 Å². The third kappa shape index (κ3) is 2.96. The van der Waals surface area contributed by atoms with E-state index >= 15 is 0 Å². The predicted molar refractivity (Wildman–Crippen MR) is 74.0 cm³/mol. The number of rotatable bonds is 2. The number of ether oxygens (including phenoxy) is 1. The average molecular weight is 264 g/mol. The maximum Gasteiger partial charge on any atom is 0.267 e. The minimum atomic E-state index is -0.554. The number of carbonyl (C=O) groups excluding carboxylic acids is 1. The molecule has 104 valence electrons. The van der Waals surface area contributed by atoms with Crippen LogP contribution in [0, 0.1) is 0 Å². The van der Waals surface area contributed by atoms with Crippen molar-refractivity contribution < 1.29 is 9.53 Å². The van der Waals surface area contributed by atoms with Crippen LogP contribution in [0.2, 0.25) is 0 Å². The van der Waals surface area contributed by atoms with Gasteiger partial charge in [0, 0.05) is 13.1 Å². The molecule has 1 amide bonds. The Hall–Kier alpha value is -1.82. The van der Waals surface area contributed by atoms with Gasteiger partial charge in [0.05, 0.1) is 17.4 Å². The van der Waals surface area contributed by atoms with E-state index in [1.165, 1.54) is 6.07 Å². The third-order valence-corrected chi connectivity index (χ3v) is 3.03. The lowest BCUT2D eigenvalue weighted by molar-refractivity contribution is -0.0751. The summed E-state index contributed by atoms with van der Waals surface area (Å²) in [5, 5.41) is 0. The van der Waals surface area contributed by atoms with Gasteiger partial charge < -0.3 is 21.1 Å². The second kappa shape index (κ2) is 4.70. The number of hydrogen-bond donors (Lipinski definition) is 2. The van der Waals surface area contributed by atoms with Gasteiger partial charge in [-0.25, -0.2) is 4.98 Å². The Kier molecular flexibility index (Phi) is 3.36. The summed E-state index contributed by atoms with van der Waals surface area (Å²) in [6.45, 7) is 7.38. The van der Waals surface area contributed by atoms with E-state index in [1.807, 2.05) is 25.7 Å². The Labute approximate surface area is 112 Å². The zero-order chi connectivity index (χ0) is 14.2. The van der Waals surface area contributed by atoms with E-state index in [2.05, 4.69) is 4.98 Å². The van der Waals surface area contributed by atoms with Gasteiger partial charge in [-0.2, -0.15) is 0 Å². The van der Waals surface area contributed by atoms with Gasteiger partial charge in [-0.1, -0.05) is 0 Å². The molecule has 0 aliphatic carbocycles. The number of nitrogens with zero attached hydrogens (tertiary/aromatic N) is 2. The summed E-state index contributed by atoms with van der Waals surface area (Å²) in [7, 11) is 0. The summed E-state index contributed by atoms with van der Waals surface area (Å²) in [4.78, 5) is 17.5. The summed E-state index contributed by atoms with van der Waals surface area (Å²) >= 11 is 0. The van der Waals surface area contributed by atoms with Crippen molar-refractivity contribution in [2.24, 2.45) is 5.73 Å². The quantitative estimate of drug-likeness (QED) is 0.822. The lowest BCUT2D eigenvalue weighted by Crippen LogP contribution is -2.52. The second-order valence-corrected chi connectivity index (χ2v) is 5.54. The van der Waals surface area contributed by atoms with Gasteiger partial charge >= 0.3 is 0 Å². The lowest BCUT2D eigenvalue weighted by atomic mass is 10.1. The SMILES string of the molecule is CC1CN(c2nc(C(N)=O)ccc2N)CC(C)(C)O1. The van der Waals surface area contributed by atoms with Crippen molar-refractivity contribution in [2.75, 3.05) is 23.7 Å². The number of anilines is 2. The van der Waals surface area contributed by atoms with Crippen molar-refractivity contribution in [3.05, 3.63) is 17.8 Å². The van der Waals surface area contributed by atoms with Crippen molar-refractivity contribution in [2.45, 2.75) is 32.5 Å². The Bertz CT molecular complexity index is 501. The fourth-order valence-electron chi connectivity index (χ4n) is 2.46. The molecule has 2 heterocycles.